The Balaban J connectivity index is 1.39. The molecular weight excluding hydrogens is 452 g/mol. The maximum absolute atomic E-state index is 12.5. The van der Waals surface area contributed by atoms with Crippen molar-refractivity contribution in [1.29, 1.82) is 0 Å². The zero-order chi connectivity index (χ0) is 22.5. The summed E-state index contributed by atoms with van der Waals surface area (Å²) in [6.07, 6.45) is 2.11. The molecular formula is C22H23ClN4O4S. The van der Waals surface area contributed by atoms with E-state index in [4.69, 9.17) is 25.8 Å². The number of nitrogens with zero attached hydrogens (tertiary/aromatic N) is 3. The maximum Gasteiger partial charge on any atom is 0.234 e. The number of halogens is 1. The van der Waals surface area contributed by atoms with Gasteiger partial charge < -0.3 is 19.5 Å². The number of nitrogens with one attached hydrogen (secondary N) is 1. The lowest BCUT2D eigenvalue weighted by Gasteiger charge is -2.12. The Morgan fingerprint density at radius 2 is 1.97 bits per heavy atom. The van der Waals surface area contributed by atoms with Gasteiger partial charge in [-0.05, 0) is 37.1 Å². The second-order valence-corrected chi connectivity index (χ2v) is 8.47. The van der Waals surface area contributed by atoms with Crippen LogP contribution in [0.25, 0.3) is 0 Å². The molecule has 1 aromatic heterocycles. The summed E-state index contributed by atoms with van der Waals surface area (Å²) in [4.78, 5) is 12.5. The number of carbonyl (C=O) groups excluding carboxylic acids is 1. The van der Waals surface area contributed by atoms with E-state index in [9.17, 15) is 4.79 Å². The minimum Gasteiger partial charge on any atom is -0.497 e. The molecule has 1 saturated carbocycles. The molecule has 2 aromatic carbocycles. The lowest BCUT2D eigenvalue weighted by Crippen LogP contribution is -2.15. The van der Waals surface area contributed by atoms with Crippen LogP contribution in [0.3, 0.4) is 0 Å². The van der Waals surface area contributed by atoms with Crippen molar-refractivity contribution in [2.45, 2.75) is 30.6 Å². The molecule has 10 heteroatoms. The summed E-state index contributed by atoms with van der Waals surface area (Å²) in [7, 11) is 3.12. The van der Waals surface area contributed by atoms with E-state index in [1.54, 1.807) is 38.5 Å². The fourth-order valence-electron chi connectivity index (χ4n) is 3.13. The molecule has 1 amide bonds. The third kappa shape index (κ3) is 5.28. The van der Waals surface area contributed by atoms with Crippen LogP contribution in [0.1, 0.15) is 24.7 Å². The van der Waals surface area contributed by atoms with E-state index < -0.39 is 0 Å². The van der Waals surface area contributed by atoms with E-state index in [0.29, 0.717) is 45.0 Å². The molecule has 0 bridgehead atoms. The van der Waals surface area contributed by atoms with Gasteiger partial charge in [-0.1, -0.05) is 35.5 Å². The van der Waals surface area contributed by atoms with Gasteiger partial charge in [0, 0.05) is 12.1 Å². The van der Waals surface area contributed by atoms with E-state index in [-0.39, 0.29) is 18.3 Å². The average Bonchev–Trinajstić information content (AvgIpc) is 3.57. The summed E-state index contributed by atoms with van der Waals surface area (Å²) in [6.45, 7) is 0.253. The highest BCUT2D eigenvalue weighted by Crippen LogP contribution is 2.39. The predicted octanol–water partition coefficient (Wildman–Crippen LogP) is 4.59. The first-order valence-electron chi connectivity index (χ1n) is 10.0. The number of aromatic nitrogens is 3. The highest BCUT2D eigenvalue weighted by atomic mass is 35.5. The van der Waals surface area contributed by atoms with E-state index in [1.165, 1.54) is 11.8 Å². The third-order valence-corrected chi connectivity index (χ3v) is 6.11. The fraction of sp³-hybridized carbons (Fsp3) is 0.318. The van der Waals surface area contributed by atoms with Crippen molar-refractivity contribution < 1.29 is 19.0 Å². The molecule has 1 aliphatic rings. The van der Waals surface area contributed by atoms with Gasteiger partial charge >= 0.3 is 0 Å². The van der Waals surface area contributed by atoms with E-state index in [1.807, 2.05) is 18.2 Å². The molecule has 0 spiro atoms. The van der Waals surface area contributed by atoms with E-state index >= 15 is 0 Å². The first-order valence-corrected chi connectivity index (χ1v) is 11.4. The van der Waals surface area contributed by atoms with Crippen molar-refractivity contribution in [1.82, 2.24) is 14.8 Å². The molecule has 32 heavy (non-hydrogen) atoms. The number of hydrogen-bond acceptors (Lipinski definition) is 7. The summed E-state index contributed by atoms with van der Waals surface area (Å²) < 4.78 is 18.4. The third-order valence-electron chi connectivity index (χ3n) is 4.86. The van der Waals surface area contributed by atoms with Gasteiger partial charge in [0.25, 0.3) is 0 Å². The molecule has 3 aromatic rings. The van der Waals surface area contributed by atoms with Crippen molar-refractivity contribution >= 4 is 35.0 Å². The second-order valence-electron chi connectivity index (χ2n) is 7.12. The van der Waals surface area contributed by atoms with Gasteiger partial charge in [-0.3, -0.25) is 9.36 Å². The summed E-state index contributed by atoms with van der Waals surface area (Å²) in [5.74, 6) is 2.51. The monoisotopic (exact) mass is 474 g/mol. The summed E-state index contributed by atoms with van der Waals surface area (Å²) >= 11 is 7.51. The molecule has 1 N–H and O–H groups in total. The Kier molecular flexibility index (Phi) is 7.06. The molecule has 0 radical (unpaired) electrons. The zero-order valence-electron chi connectivity index (χ0n) is 17.7. The fourth-order valence-corrected chi connectivity index (χ4v) is 4.14. The number of thioether (sulfide) groups is 1. The van der Waals surface area contributed by atoms with E-state index in [0.717, 1.165) is 12.8 Å². The van der Waals surface area contributed by atoms with Gasteiger partial charge in [0.1, 0.15) is 23.9 Å². The van der Waals surface area contributed by atoms with Crippen LogP contribution in [0.15, 0.2) is 47.6 Å². The lowest BCUT2D eigenvalue weighted by atomic mass is 10.2. The van der Waals surface area contributed by atoms with Crippen LogP contribution in [0, 0.1) is 0 Å². The van der Waals surface area contributed by atoms with E-state index in [2.05, 4.69) is 20.1 Å². The van der Waals surface area contributed by atoms with Crippen molar-refractivity contribution in [3.8, 4) is 17.2 Å². The van der Waals surface area contributed by atoms with Crippen LogP contribution in [-0.2, 0) is 11.4 Å². The predicted molar refractivity (Wildman–Crippen MR) is 123 cm³/mol. The highest BCUT2D eigenvalue weighted by Gasteiger charge is 2.30. The quantitative estimate of drug-likeness (QED) is 0.430. The molecule has 0 atom stereocenters. The molecule has 168 valence electrons. The number of para-hydroxylation sites is 1. The normalized spacial score (nSPS) is 13.0. The Morgan fingerprint density at radius 1 is 1.16 bits per heavy atom. The number of amides is 1. The Hall–Kier alpha value is -2.91. The van der Waals surface area contributed by atoms with Crippen LogP contribution >= 0.6 is 23.4 Å². The molecule has 4 rings (SSSR count). The Labute approximate surface area is 195 Å². The first-order chi connectivity index (χ1) is 15.6. The molecule has 0 unspecified atom stereocenters. The summed E-state index contributed by atoms with van der Waals surface area (Å²) in [6, 6.07) is 12.9. The van der Waals surface area contributed by atoms with Crippen LogP contribution in [0.4, 0.5) is 5.69 Å². The molecule has 1 heterocycles. The molecule has 1 fully saturated rings. The van der Waals surface area contributed by atoms with Crippen LogP contribution < -0.4 is 19.5 Å². The minimum absolute atomic E-state index is 0.169. The van der Waals surface area contributed by atoms with Crippen molar-refractivity contribution in [3.63, 3.8) is 0 Å². The largest absolute Gasteiger partial charge is 0.497 e. The van der Waals surface area contributed by atoms with Crippen molar-refractivity contribution in [2.24, 2.45) is 0 Å². The standard InChI is InChI=1S/C22H23ClN4O4S/c1-29-15-9-10-17(19(11-15)30-2)24-21(28)13-32-22-26-25-20(27(22)14-7-8-14)12-31-18-6-4-3-5-16(18)23/h3-6,9-11,14H,7-8,12-13H2,1-2H3,(H,24,28). The number of rotatable bonds is 10. The second kappa shape index (κ2) is 10.1. The molecule has 0 saturated heterocycles. The lowest BCUT2D eigenvalue weighted by molar-refractivity contribution is -0.113. The smallest absolute Gasteiger partial charge is 0.234 e. The number of methoxy groups -OCH3 is 2. The average molecular weight is 475 g/mol. The number of benzene rings is 2. The summed E-state index contributed by atoms with van der Waals surface area (Å²) in [5.41, 5.74) is 0.580. The number of anilines is 1. The van der Waals surface area contributed by atoms with Gasteiger partial charge in [0.05, 0.1) is 30.7 Å². The Morgan fingerprint density at radius 3 is 2.69 bits per heavy atom. The van der Waals surface area contributed by atoms with Gasteiger partial charge in [-0.25, -0.2) is 0 Å². The van der Waals surface area contributed by atoms with Crippen LogP contribution in [0.5, 0.6) is 17.2 Å². The van der Waals surface area contributed by atoms with Gasteiger partial charge in [0.2, 0.25) is 5.91 Å². The van der Waals surface area contributed by atoms with Gasteiger partial charge in [-0.15, -0.1) is 10.2 Å². The maximum atomic E-state index is 12.5. The topological polar surface area (TPSA) is 87.5 Å². The van der Waals surface area contributed by atoms with Crippen molar-refractivity contribution in [3.05, 3.63) is 53.3 Å². The van der Waals surface area contributed by atoms with Crippen LogP contribution in [0.2, 0.25) is 5.02 Å². The summed E-state index contributed by atoms with van der Waals surface area (Å²) in [5, 5.41) is 12.7. The van der Waals surface area contributed by atoms with Crippen LogP contribution in [-0.4, -0.2) is 40.6 Å². The Bertz CT molecular complexity index is 1100. The molecule has 1 aliphatic carbocycles. The minimum atomic E-state index is -0.169. The number of ether oxygens (including phenoxy) is 3. The number of hydrogen-bond donors (Lipinski definition) is 1. The molecule has 8 nitrogen and oxygen atoms in total. The first kappa shape index (κ1) is 22.3. The van der Waals surface area contributed by atoms with Crippen molar-refractivity contribution in [2.75, 3.05) is 25.3 Å². The van der Waals surface area contributed by atoms with Gasteiger partial charge in [0.15, 0.2) is 11.0 Å². The molecule has 0 aliphatic heterocycles. The van der Waals surface area contributed by atoms with Gasteiger partial charge in [-0.2, -0.15) is 0 Å². The zero-order valence-corrected chi connectivity index (χ0v) is 19.3. The number of carbonyl (C=O) groups is 1. The SMILES string of the molecule is COc1ccc(NC(=O)CSc2nnc(COc3ccccc3Cl)n2C2CC2)c(OC)c1. The highest BCUT2D eigenvalue weighted by molar-refractivity contribution is 7.99.